The summed E-state index contributed by atoms with van der Waals surface area (Å²) in [7, 11) is 1.39. The van der Waals surface area contributed by atoms with Crippen molar-refractivity contribution in [3.05, 3.63) is 32.8 Å². The summed E-state index contributed by atoms with van der Waals surface area (Å²) in [5, 5.41) is 19.4. The molecule has 1 aromatic carbocycles. The fourth-order valence-electron chi connectivity index (χ4n) is 1.13. The van der Waals surface area contributed by atoms with E-state index in [1.807, 2.05) is 6.07 Å². The summed E-state index contributed by atoms with van der Waals surface area (Å²) in [4.78, 5) is 10.1. The van der Waals surface area contributed by atoms with Crippen molar-refractivity contribution < 1.29 is 9.66 Å². The van der Waals surface area contributed by atoms with Crippen LogP contribution >= 0.6 is 11.6 Å². The van der Waals surface area contributed by atoms with Crippen LogP contribution in [0.25, 0.3) is 0 Å². The van der Waals surface area contributed by atoms with Crippen LogP contribution in [-0.2, 0) is 6.42 Å². The van der Waals surface area contributed by atoms with Crippen molar-refractivity contribution in [3.63, 3.8) is 0 Å². The van der Waals surface area contributed by atoms with Gasteiger partial charge in [-0.1, -0.05) is 11.6 Å². The SMILES string of the molecule is COc1cc(Cl)c(CC#N)c([N+](=O)[O-])c1. The Morgan fingerprint density at radius 3 is 2.80 bits per heavy atom. The predicted octanol–water partition coefficient (Wildman–Crippen LogP) is 2.32. The van der Waals surface area contributed by atoms with E-state index in [1.165, 1.54) is 19.2 Å². The molecule has 15 heavy (non-hydrogen) atoms. The van der Waals surface area contributed by atoms with E-state index in [-0.39, 0.29) is 22.7 Å². The second-order valence-electron chi connectivity index (χ2n) is 2.70. The van der Waals surface area contributed by atoms with Crippen molar-refractivity contribution >= 4 is 17.3 Å². The fraction of sp³-hybridized carbons (Fsp3) is 0.222. The van der Waals surface area contributed by atoms with E-state index in [4.69, 9.17) is 21.6 Å². The second-order valence-corrected chi connectivity index (χ2v) is 3.11. The fourth-order valence-corrected chi connectivity index (χ4v) is 1.40. The first-order valence-electron chi connectivity index (χ1n) is 3.98. The van der Waals surface area contributed by atoms with E-state index in [1.54, 1.807) is 0 Å². The summed E-state index contributed by atoms with van der Waals surface area (Å²) in [6.07, 6.45) is -0.0981. The van der Waals surface area contributed by atoms with E-state index in [9.17, 15) is 10.1 Å². The Balaban J connectivity index is 3.36. The topological polar surface area (TPSA) is 76.2 Å². The van der Waals surface area contributed by atoms with E-state index in [0.717, 1.165) is 0 Å². The summed E-state index contributed by atoms with van der Waals surface area (Å²) in [6.45, 7) is 0. The number of rotatable bonds is 3. The molecule has 1 rings (SSSR count). The molecule has 0 saturated heterocycles. The van der Waals surface area contributed by atoms with Gasteiger partial charge in [-0.2, -0.15) is 5.26 Å². The number of hydrogen-bond donors (Lipinski definition) is 0. The van der Waals surface area contributed by atoms with Crippen LogP contribution in [0.3, 0.4) is 0 Å². The lowest BCUT2D eigenvalue weighted by Gasteiger charge is -2.04. The highest BCUT2D eigenvalue weighted by molar-refractivity contribution is 6.31. The Morgan fingerprint density at radius 1 is 1.67 bits per heavy atom. The molecular weight excluding hydrogens is 220 g/mol. The van der Waals surface area contributed by atoms with Crippen LogP contribution in [-0.4, -0.2) is 12.0 Å². The number of halogens is 1. The molecule has 78 valence electrons. The third-order valence-electron chi connectivity index (χ3n) is 1.83. The first-order valence-corrected chi connectivity index (χ1v) is 4.35. The zero-order valence-electron chi connectivity index (χ0n) is 7.86. The van der Waals surface area contributed by atoms with Gasteiger partial charge in [0.2, 0.25) is 0 Å². The maximum absolute atomic E-state index is 10.7. The van der Waals surface area contributed by atoms with Crippen LogP contribution in [0.1, 0.15) is 5.56 Å². The van der Waals surface area contributed by atoms with Gasteiger partial charge in [0.25, 0.3) is 5.69 Å². The summed E-state index contributed by atoms with van der Waals surface area (Å²) >= 11 is 5.80. The van der Waals surface area contributed by atoms with Crippen molar-refractivity contribution in [2.45, 2.75) is 6.42 Å². The molecule has 0 bridgehead atoms. The predicted molar refractivity (Wildman–Crippen MR) is 54.0 cm³/mol. The Kier molecular flexibility index (Phi) is 3.47. The van der Waals surface area contributed by atoms with Gasteiger partial charge in [-0.15, -0.1) is 0 Å². The number of nitro benzene ring substituents is 1. The van der Waals surface area contributed by atoms with E-state index in [2.05, 4.69) is 0 Å². The zero-order chi connectivity index (χ0) is 11.4. The lowest BCUT2D eigenvalue weighted by Crippen LogP contribution is -1.97. The molecule has 0 heterocycles. The van der Waals surface area contributed by atoms with Gasteiger partial charge in [0.05, 0.1) is 41.2 Å². The molecule has 0 N–H and O–H groups in total. The number of nitrogens with zero attached hydrogens (tertiary/aromatic N) is 2. The van der Waals surface area contributed by atoms with Crippen LogP contribution in [0.4, 0.5) is 5.69 Å². The van der Waals surface area contributed by atoms with Crippen molar-refractivity contribution in [2.75, 3.05) is 7.11 Å². The van der Waals surface area contributed by atoms with Gasteiger partial charge in [-0.05, 0) is 6.07 Å². The van der Waals surface area contributed by atoms with Gasteiger partial charge in [-0.3, -0.25) is 10.1 Å². The summed E-state index contributed by atoms with van der Waals surface area (Å²) < 4.78 is 4.85. The number of hydrogen-bond acceptors (Lipinski definition) is 4. The molecule has 0 radical (unpaired) electrons. The smallest absolute Gasteiger partial charge is 0.278 e. The van der Waals surface area contributed by atoms with E-state index in [0.29, 0.717) is 5.75 Å². The molecule has 0 aromatic heterocycles. The molecule has 0 atom stereocenters. The average molecular weight is 227 g/mol. The molecular formula is C9H7ClN2O3. The highest BCUT2D eigenvalue weighted by Gasteiger charge is 2.18. The zero-order valence-corrected chi connectivity index (χ0v) is 8.61. The van der Waals surface area contributed by atoms with Crippen LogP contribution in [0, 0.1) is 21.4 Å². The molecule has 6 heteroatoms. The van der Waals surface area contributed by atoms with Crippen molar-refractivity contribution in [1.82, 2.24) is 0 Å². The normalized spacial score (nSPS) is 9.40. The lowest BCUT2D eigenvalue weighted by molar-refractivity contribution is -0.385. The molecule has 0 spiro atoms. The Labute approximate surface area is 91.0 Å². The van der Waals surface area contributed by atoms with Gasteiger partial charge in [0.15, 0.2) is 0 Å². The molecule has 0 aliphatic rings. The maximum atomic E-state index is 10.7. The summed E-state index contributed by atoms with van der Waals surface area (Å²) in [5.74, 6) is 0.299. The van der Waals surface area contributed by atoms with Gasteiger partial charge in [-0.25, -0.2) is 0 Å². The number of methoxy groups -OCH3 is 1. The second kappa shape index (κ2) is 4.62. The molecule has 0 saturated carbocycles. The summed E-state index contributed by atoms with van der Waals surface area (Å²) in [5.41, 5.74) is 0.0193. The molecule has 1 aromatic rings. The molecule has 0 aliphatic heterocycles. The molecule has 0 unspecified atom stereocenters. The lowest BCUT2D eigenvalue weighted by atomic mass is 10.1. The average Bonchev–Trinajstić information content (AvgIpc) is 2.20. The largest absolute Gasteiger partial charge is 0.496 e. The van der Waals surface area contributed by atoms with Gasteiger partial charge >= 0.3 is 0 Å². The third-order valence-corrected chi connectivity index (χ3v) is 2.17. The molecule has 0 amide bonds. The van der Waals surface area contributed by atoms with Gasteiger partial charge < -0.3 is 4.74 Å². The monoisotopic (exact) mass is 226 g/mol. The Morgan fingerprint density at radius 2 is 2.33 bits per heavy atom. The first-order chi connectivity index (χ1) is 7.10. The molecule has 0 aliphatic carbocycles. The maximum Gasteiger partial charge on any atom is 0.278 e. The standard InChI is InChI=1S/C9H7ClN2O3/c1-15-6-4-8(10)7(2-3-11)9(5-6)12(13)14/h4-5H,2H2,1H3. The Hall–Kier alpha value is -1.80. The number of nitriles is 1. The number of benzene rings is 1. The summed E-state index contributed by atoms with van der Waals surface area (Å²) in [6, 6.07) is 4.52. The highest BCUT2D eigenvalue weighted by Crippen LogP contribution is 2.32. The van der Waals surface area contributed by atoms with Crippen molar-refractivity contribution in [1.29, 1.82) is 5.26 Å². The third kappa shape index (κ3) is 2.36. The minimum absolute atomic E-state index is 0.0981. The van der Waals surface area contributed by atoms with E-state index < -0.39 is 4.92 Å². The van der Waals surface area contributed by atoms with Crippen LogP contribution in [0.5, 0.6) is 5.75 Å². The molecule has 5 nitrogen and oxygen atoms in total. The quantitative estimate of drug-likeness (QED) is 0.585. The van der Waals surface area contributed by atoms with Crippen LogP contribution in [0.15, 0.2) is 12.1 Å². The highest BCUT2D eigenvalue weighted by atomic mass is 35.5. The molecule has 0 fully saturated rings. The first kappa shape index (κ1) is 11.3. The van der Waals surface area contributed by atoms with Gasteiger partial charge in [0, 0.05) is 0 Å². The number of nitro groups is 1. The van der Waals surface area contributed by atoms with Crippen LogP contribution < -0.4 is 4.74 Å². The minimum Gasteiger partial charge on any atom is -0.496 e. The van der Waals surface area contributed by atoms with E-state index >= 15 is 0 Å². The van der Waals surface area contributed by atoms with Gasteiger partial charge in [0.1, 0.15) is 5.75 Å². The number of ether oxygens (including phenoxy) is 1. The van der Waals surface area contributed by atoms with Crippen molar-refractivity contribution in [3.8, 4) is 11.8 Å². The Bertz CT molecular complexity index is 440. The minimum atomic E-state index is -0.582. The van der Waals surface area contributed by atoms with Crippen molar-refractivity contribution in [2.24, 2.45) is 0 Å². The van der Waals surface area contributed by atoms with Crippen LogP contribution in [0.2, 0.25) is 5.02 Å².